The number of Topliss-reactive ketones (excluding diaryl/α,β-unsaturated/α-hetero) is 1. The number of carbonyl (C=O) groups excluding carboxylic acids is 2. The topological polar surface area (TPSA) is 89.0 Å². The first-order valence-electron chi connectivity index (χ1n) is 10.5. The molecule has 1 fully saturated rings. The van der Waals surface area contributed by atoms with Gasteiger partial charge in [-0.1, -0.05) is 42.5 Å². The Labute approximate surface area is 191 Å². The third-order valence-corrected chi connectivity index (χ3v) is 5.45. The fraction of sp³-hybridized carbons (Fsp3) is 0.192. The lowest BCUT2D eigenvalue weighted by Gasteiger charge is -2.25. The summed E-state index contributed by atoms with van der Waals surface area (Å²) in [6, 6.07) is 19.4. The molecule has 1 aromatic heterocycles. The highest BCUT2D eigenvalue weighted by atomic mass is 16.5. The van der Waals surface area contributed by atoms with Gasteiger partial charge in [-0.15, -0.1) is 0 Å². The van der Waals surface area contributed by atoms with E-state index in [9.17, 15) is 14.7 Å². The van der Waals surface area contributed by atoms with Crippen LogP contribution >= 0.6 is 0 Å². The summed E-state index contributed by atoms with van der Waals surface area (Å²) in [6.45, 7) is 0.835. The predicted octanol–water partition coefficient (Wildman–Crippen LogP) is 3.73. The first-order chi connectivity index (χ1) is 16.1. The van der Waals surface area contributed by atoms with E-state index in [1.807, 2.05) is 42.5 Å². The van der Waals surface area contributed by atoms with Gasteiger partial charge in [0.15, 0.2) is 0 Å². The molecule has 1 saturated heterocycles. The predicted molar refractivity (Wildman–Crippen MR) is 122 cm³/mol. The summed E-state index contributed by atoms with van der Waals surface area (Å²) in [7, 11) is 1.53. The van der Waals surface area contributed by atoms with Crippen molar-refractivity contribution >= 4 is 17.4 Å². The quantitative estimate of drug-likeness (QED) is 0.324. The van der Waals surface area contributed by atoms with E-state index in [0.29, 0.717) is 23.5 Å². The standard InChI is InChI=1S/C26H24N2O5/c1-32-15-14-28-23(22(25(30)26(28)31)24(29)19-10-12-27-13-11-19)20-8-5-9-21(16-20)33-17-18-6-3-2-4-7-18/h2-13,16,23,29H,14-15,17H2,1H3/b24-22-. The van der Waals surface area contributed by atoms with E-state index in [1.165, 1.54) is 24.4 Å². The molecule has 0 bridgehead atoms. The van der Waals surface area contributed by atoms with Gasteiger partial charge in [-0.25, -0.2) is 0 Å². The van der Waals surface area contributed by atoms with Crippen LogP contribution in [-0.4, -0.2) is 46.9 Å². The molecule has 7 heteroatoms. The van der Waals surface area contributed by atoms with E-state index in [1.54, 1.807) is 24.3 Å². The van der Waals surface area contributed by atoms with Crippen LogP contribution in [0.15, 0.2) is 84.7 Å². The molecule has 1 amide bonds. The van der Waals surface area contributed by atoms with E-state index in [2.05, 4.69) is 4.98 Å². The maximum absolute atomic E-state index is 13.0. The minimum atomic E-state index is -0.770. The number of hydrogen-bond donors (Lipinski definition) is 1. The second kappa shape index (κ2) is 10.1. The van der Waals surface area contributed by atoms with Gasteiger partial charge in [0.2, 0.25) is 0 Å². The van der Waals surface area contributed by atoms with Crippen molar-refractivity contribution in [2.24, 2.45) is 0 Å². The molecule has 33 heavy (non-hydrogen) atoms. The van der Waals surface area contributed by atoms with Crippen molar-refractivity contribution in [1.82, 2.24) is 9.88 Å². The largest absolute Gasteiger partial charge is 0.507 e. The summed E-state index contributed by atoms with van der Waals surface area (Å²) < 4.78 is 11.1. The third-order valence-electron chi connectivity index (χ3n) is 5.45. The summed E-state index contributed by atoms with van der Waals surface area (Å²) in [5.41, 5.74) is 2.12. The first-order valence-corrected chi connectivity index (χ1v) is 10.5. The van der Waals surface area contributed by atoms with Crippen LogP contribution in [0.2, 0.25) is 0 Å². The van der Waals surface area contributed by atoms with Gasteiger partial charge in [-0.05, 0) is 35.4 Å². The Bertz CT molecular complexity index is 1160. The number of aliphatic hydroxyl groups excluding tert-OH is 1. The van der Waals surface area contributed by atoms with Crippen LogP contribution < -0.4 is 4.74 Å². The molecule has 0 radical (unpaired) electrons. The molecular weight excluding hydrogens is 420 g/mol. The molecule has 0 spiro atoms. The molecule has 1 aliphatic rings. The number of amides is 1. The van der Waals surface area contributed by atoms with Gasteiger partial charge in [0.1, 0.15) is 18.1 Å². The van der Waals surface area contributed by atoms with Crippen LogP contribution in [0.4, 0.5) is 0 Å². The lowest BCUT2D eigenvalue weighted by Crippen LogP contribution is -2.32. The van der Waals surface area contributed by atoms with Gasteiger partial charge in [-0.3, -0.25) is 14.6 Å². The second-order valence-corrected chi connectivity index (χ2v) is 7.57. The molecule has 168 valence electrons. The minimum absolute atomic E-state index is 0.0301. The highest BCUT2D eigenvalue weighted by Crippen LogP contribution is 2.40. The Hall–Kier alpha value is -3.97. The number of carbonyl (C=O) groups is 2. The molecule has 1 unspecified atom stereocenters. The Morgan fingerprint density at radius 2 is 1.79 bits per heavy atom. The summed E-state index contributed by atoms with van der Waals surface area (Å²) in [5.74, 6) is -1.06. The average molecular weight is 444 g/mol. The maximum Gasteiger partial charge on any atom is 0.295 e. The maximum atomic E-state index is 13.0. The number of rotatable bonds is 8. The normalized spacial score (nSPS) is 17.4. The van der Waals surface area contributed by atoms with Crippen molar-refractivity contribution < 1.29 is 24.2 Å². The number of likely N-dealkylation sites (tertiary alicyclic amines) is 1. The number of benzene rings is 2. The van der Waals surface area contributed by atoms with E-state index < -0.39 is 17.7 Å². The van der Waals surface area contributed by atoms with Gasteiger partial charge in [0.05, 0.1) is 18.2 Å². The number of pyridine rings is 1. The van der Waals surface area contributed by atoms with Crippen LogP contribution in [0.25, 0.3) is 5.76 Å². The van der Waals surface area contributed by atoms with Crippen molar-refractivity contribution in [3.05, 3.63) is 101 Å². The van der Waals surface area contributed by atoms with Crippen molar-refractivity contribution in [3.63, 3.8) is 0 Å². The van der Waals surface area contributed by atoms with Crippen LogP contribution in [0, 0.1) is 0 Å². The summed E-state index contributed by atoms with van der Waals surface area (Å²) >= 11 is 0. The zero-order valence-corrected chi connectivity index (χ0v) is 18.2. The van der Waals surface area contributed by atoms with Gasteiger partial charge in [-0.2, -0.15) is 0 Å². The third kappa shape index (κ3) is 4.78. The van der Waals surface area contributed by atoms with E-state index >= 15 is 0 Å². The number of methoxy groups -OCH3 is 1. The number of ether oxygens (including phenoxy) is 2. The number of ketones is 1. The van der Waals surface area contributed by atoms with Crippen molar-refractivity contribution in [2.45, 2.75) is 12.6 Å². The Morgan fingerprint density at radius 1 is 1.03 bits per heavy atom. The van der Waals surface area contributed by atoms with Gasteiger partial charge < -0.3 is 19.5 Å². The highest BCUT2D eigenvalue weighted by molar-refractivity contribution is 6.46. The number of aromatic nitrogens is 1. The smallest absolute Gasteiger partial charge is 0.295 e. The molecule has 7 nitrogen and oxygen atoms in total. The molecule has 1 atom stereocenters. The molecule has 0 aliphatic carbocycles. The second-order valence-electron chi connectivity index (χ2n) is 7.57. The zero-order chi connectivity index (χ0) is 23.2. The Morgan fingerprint density at radius 3 is 2.52 bits per heavy atom. The van der Waals surface area contributed by atoms with Crippen LogP contribution in [-0.2, 0) is 20.9 Å². The fourth-order valence-corrected chi connectivity index (χ4v) is 3.83. The number of aliphatic hydroxyl groups is 1. The number of nitrogens with zero attached hydrogens (tertiary/aromatic N) is 2. The molecule has 2 heterocycles. The first kappa shape index (κ1) is 22.2. The summed E-state index contributed by atoms with van der Waals surface area (Å²) in [5, 5.41) is 11.0. The SMILES string of the molecule is COCCN1C(=O)C(=O)/C(=C(\O)c2ccncc2)C1c1cccc(OCc2ccccc2)c1. The van der Waals surface area contributed by atoms with Crippen molar-refractivity contribution in [3.8, 4) is 5.75 Å². The molecule has 4 rings (SSSR count). The van der Waals surface area contributed by atoms with Crippen LogP contribution in [0.3, 0.4) is 0 Å². The molecule has 0 saturated carbocycles. The monoisotopic (exact) mass is 444 g/mol. The summed E-state index contributed by atoms with van der Waals surface area (Å²) in [4.78, 5) is 31.2. The van der Waals surface area contributed by atoms with Crippen molar-refractivity contribution in [1.29, 1.82) is 0 Å². The Kier molecular flexibility index (Phi) is 6.80. The van der Waals surface area contributed by atoms with Gasteiger partial charge in [0, 0.05) is 31.6 Å². The summed E-state index contributed by atoms with van der Waals surface area (Å²) in [6.07, 6.45) is 3.03. The molecule has 3 aromatic rings. The van der Waals surface area contributed by atoms with Crippen LogP contribution in [0.5, 0.6) is 5.75 Å². The molecular formula is C26H24N2O5. The van der Waals surface area contributed by atoms with Crippen molar-refractivity contribution in [2.75, 3.05) is 20.3 Å². The fourth-order valence-electron chi connectivity index (χ4n) is 3.83. The highest BCUT2D eigenvalue weighted by Gasteiger charge is 2.46. The Balaban J connectivity index is 1.72. The average Bonchev–Trinajstić information content (AvgIpc) is 3.12. The van der Waals surface area contributed by atoms with Gasteiger partial charge in [0.25, 0.3) is 11.7 Å². The number of hydrogen-bond acceptors (Lipinski definition) is 6. The lowest BCUT2D eigenvalue weighted by atomic mass is 9.95. The zero-order valence-electron chi connectivity index (χ0n) is 18.2. The van der Waals surface area contributed by atoms with Crippen LogP contribution in [0.1, 0.15) is 22.7 Å². The minimum Gasteiger partial charge on any atom is -0.507 e. The molecule has 1 N–H and O–H groups in total. The van der Waals surface area contributed by atoms with E-state index in [0.717, 1.165) is 5.56 Å². The lowest BCUT2D eigenvalue weighted by molar-refractivity contribution is -0.140. The van der Waals surface area contributed by atoms with E-state index in [-0.39, 0.29) is 24.5 Å². The van der Waals surface area contributed by atoms with Gasteiger partial charge >= 0.3 is 0 Å². The van der Waals surface area contributed by atoms with E-state index in [4.69, 9.17) is 9.47 Å². The molecule has 2 aromatic carbocycles. The molecule has 1 aliphatic heterocycles.